The highest BCUT2D eigenvalue weighted by molar-refractivity contribution is 7.80. The second-order valence-electron chi connectivity index (χ2n) is 8.16. The molecule has 0 spiro atoms. The number of nitrogens with one attached hydrogen (secondary N) is 1. The summed E-state index contributed by atoms with van der Waals surface area (Å²) in [6, 6.07) is 16.6. The molecule has 0 saturated carbocycles. The molecule has 1 N–H and O–H groups in total. The monoisotopic (exact) mass is 492 g/mol. The number of aryl methyl sites for hydroxylation is 1. The summed E-state index contributed by atoms with van der Waals surface area (Å²) in [7, 11) is 0. The third-order valence-corrected chi connectivity index (χ3v) is 6.08. The van der Waals surface area contributed by atoms with Crippen LogP contribution in [0.3, 0.4) is 0 Å². The minimum Gasteiger partial charge on any atom is -0.351 e. The van der Waals surface area contributed by atoms with Gasteiger partial charge in [-0.15, -0.1) is 0 Å². The first-order valence-corrected chi connectivity index (χ1v) is 11.2. The van der Waals surface area contributed by atoms with E-state index in [-0.39, 0.29) is 16.8 Å². The van der Waals surface area contributed by atoms with Crippen LogP contribution in [0.5, 0.6) is 0 Å². The SMILES string of the molecule is CC1=C(c2nc(-c3cccc(C)c3)no2)C(c2ccc(F)cc2)NC(=S)N1c1ccc(F)c(F)c1. The summed E-state index contributed by atoms with van der Waals surface area (Å²) in [5.74, 6) is -1.72. The largest absolute Gasteiger partial charge is 0.351 e. The second kappa shape index (κ2) is 8.99. The number of rotatable bonds is 4. The zero-order valence-electron chi connectivity index (χ0n) is 18.7. The van der Waals surface area contributed by atoms with E-state index in [2.05, 4.69) is 15.5 Å². The van der Waals surface area contributed by atoms with Crippen LogP contribution in [-0.2, 0) is 0 Å². The van der Waals surface area contributed by atoms with Gasteiger partial charge in [0.15, 0.2) is 16.7 Å². The van der Waals surface area contributed by atoms with E-state index in [9.17, 15) is 13.2 Å². The van der Waals surface area contributed by atoms with Crippen LogP contribution in [-0.4, -0.2) is 15.3 Å². The lowest BCUT2D eigenvalue weighted by atomic mass is 9.94. The summed E-state index contributed by atoms with van der Waals surface area (Å²) < 4.78 is 46.9. The van der Waals surface area contributed by atoms with E-state index >= 15 is 0 Å². The average Bonchev–Trinajstić information content (AvgIpc) is 3.31. The van der Waals surface area contributed by atoms with Gasteiger partial charge in [0.2, 0.25) is 5.82 Å². The first-order valence-electron chi connectivity index (χ1n) is 10.7. The lowest BCUT2D eigenvalue weighted by Crippen LogP contribution is -2.46. The molecule has 0 aliphatic carbocycles. The first-order chi connectivity index (χ1) is 16.8. The fourth-order valence-corrected chi connectivity index (χ4v) is 4.45. The highest BCUT2D eigenvalue weighted by Crippen LogP contribution is 2.39. The van der Waals surface area contributed by atoms with Crippen molar-refractivity contribution in [2.75, 3.05) is 4.90 Å². The van der Waals surface area contributed by atoms with Crippen LogP contribution in [0.1, 0.15) is 30.0 Å². The number of allylic oxidation sites excluding steroid dienone is 1. The van der Waals surface area contributed by atoms with Gasteiger partial charge in [-0.05, 0) is 62.0 Å². The number of benzene rings is 3. The van der Waals surface area contributed by atoms with E-state index in [0.29, 0.717) is 28.3 Å². The Morgan fingerprint density at radius 3 is 2.43 bits per heavy atom. The summed E-state index contributed by atoms with van der Waals surface area (Å²) in [5.41, 5.74) is 4.02. The van der Waals surface area contributed by atoms with Crippen LogP contribution in [0.25, 0.3) is 17.0 Å². The van der Waals surface area contributed by atoms with Gasteiger partial charge < -0.3 is 9.84 Å². The molecule has 1 unspecified atom stereocenters. The zero-order valence-corrected chi connectivity index (χ0v) is 19.5. The topological polar surface area (TPSA) is 54.2 Å². The Hall–Kier alpha value is -3.98. The normalized spacial score (nSPS) is 16.0. The second-order valence-corrected chi connectivity index (χ2v) is 8.55. The Balaban J connectivity index is 1.66. The zero-order chi connectivity index (χ0) is 24.7. The van der Waals surface area contributed by atoms with Crippen LogP contribution in [0.2, 0.25) is 0 Å². The maximum absolute atomic E-state index is 14.1. The van der Waals surface area contributed by atoms with Crippen molar-refractivity contribution >= 4 is 28.6 Å². The number of halogens is 3. The molecule has 1 aliphatic rings. The molecule has 3 aromatic carbocycles. The summed E-state index contributed by atoms with van der Waals surface area (Å²) in [6.07, 6.45) is 0. The predicted octanol–water partition coefficient (Wildman–Crippen LogP) is 6.33. The van der Waals surface area contributed by atoms with Crippen LogP contribution in [0.4, 0.5) is 18.9 Å². The van der Waals surface area contributed by atoms with Gasteiger partial charge in [-0.1, -0.05) is 41.1 Å². The third-order valence-electron chi connectivity index (χ3n) is 5.78. The fourth-order valence-electron chi connectivity index (χ4n) is 4.09. The van der Waals surface area contributed by atoms with Crippen molar-refractivity contribution in [2.45, 2.75) is 19.9 Å². The number of hydrogen-bond donors (Lipinski definition) is 1. The molecule has 9 heteroatoms. The summed E-state index contributed by atoms with van der Waals surface area (Å²) in [5, 5.41) is 7.61. The molecule has 35 heavy (non-hydrogen) atoms. The number of thiocarbonyl (C=S) groups is 1. The Morgan fingerprint density at radius 2 is 1.71 bits per heavy atom. The molecule has 1 aliphatic heterocycles. The Labute approximate surface area is 204 Å². The molecule has 0 fully saturated rings. The molecule has 5 nitrogen and oxygen atoms in total. The molecule has 4 aromatic rings. The van der Waals surface area contributed by atoms with E-state index in [1.807, 2.05) is 31.2 Å². The van der Waals surface area contributed by atoms with E-state index in [1.165, 1.54) is 18.2 Å². The van der Waals surface area contributed by atoms with Crippen molar-refractivity contribution in [3.63, 3.8) is 0 Å². The van der Waals surface area contributed by atoms with E-state index in [1.54, 1.807) is 24.0 Å². The predicted molar refractivity (Wildman–Crippen MR) is 131 cm³/mol. The lowest BCUT2D eigenvalue weighted by Gasteiger charge is -2.37. The van der Waals surface area contributed by atoms with E-state index in [0.717, 1.165) is 23.3 Å². The molecule has 176 valence electrons. The smallest absolute Gasteiger partial charge is 0.258 e. The first kappa shape index (κ1) is 22.8. The summed E-state index contributed by atoms with van der Waals surface area (Å²) >= 11 is 5.59. The van der Waals surface area contributed by atoms with Gasteiger partial charge >= 0.3 is 0 Å². The molecule has 5 rings (SSSR count). The number of anilines is 1. The van der Waals surface area contributed by atoms with Crippen molar-refractivity contribution in [2.24, 2.45) is 0 Å². The molecule has 0 bridgehead atoms. The van der Waals surface area contributed by atoms with Crippen LogP contribution in [0, 0.1) is 24.4 Å². The third kappa shape index (κ3) is 4.30. The molecular weight excluding hydrogens is 473 g/mol. The molecule has 0 radical (unpaired) electrons. The van der Waals surface area contributed by atoms with Gasteiger partial charge in [0.25, 0.3) is 5.89 Å². The average molecular weight is 493 g/mol. The van der Waals surface area contributed by atoms with Crippen molar-refractivity contribution < 1.29 is 17.7 Å². The summed E-state index contributed by atoms with van der Waals surface area (Å²) in [4.78, 5) is 6.19. The minimum atomic E-state index is -1.00. The highest BCUT2D eigenvalue weighted by Gasteiger charge is 2.35. The molecular formula is C26H19F3N4OS. The molecule has 2 heterocycles. The Kier molecular flexibility index (Phi) is 5.86. The maximum Gasteiger partial charge on any atom is 0.258 e. The van der Waals surface area contributed by atoms with Crippen LogP contribution in [0.15, 0.2) is 77.0 Å². The maximum atomic E-state index is 14.1. The van der Waals surface area contributed by atoms with Crippen molar-refractivity contribution in [1.29, 1.82) is 0 Å². The van der Waals surface area contributed by atoms with Crippen LogP contribution >= 0.6 is 12.2 Å². The van der Waals surface area contributed by atoms with Crippen molar-refractivity contribution in [3.8, 4) is 11.4 Å². The highest BCUT2D eigenvalue weighted by atomic mass is 32.1. The fraction of sp³-hybridized carbons (Fsp3) is 0.115. The molecule has 0 amide bonds. The quantitative estimate of drug-likeness (QED) is 0.336. The Bertz CT molecular complexity index is 1470. The molecule has 1 aromatic heterocycles. The Morgan fingerprint density at radius 1 is 0.943 bits per heavy atom. The minimum absolute atomic E-state index is 0.218. The van der Waals surface area contributed by atoms with Gasteiger partial charge in [0, 0.05) is 17.3 Å². The lowest BCUT2D eigenvalue weighted by molar-refractivity contribution is 0.404. The van der Waals surface area contributed by atoms with Crippen molar-refractivity contribution in [1.82, 2.24) is 15.5 Å². The van der Waals surface area contributed by atoms with Gasteiger partial charge in [0.1, 0.15) is 5.82 Å². The number of nitrogens with zero attached hydrogens (tertiary/aromatic N) is 3. The van der Waals surface area contributed by atoms with Crippen molar-refractivity contribution in [3.05, 3.63) is 107 Å². The van der Waals surface area contributed by atoms with Gasteiger partial charge in [-0.2, -0.15) is 4.98 Å². The van der Waals surface area contributed by atoms with Gasteiger partial charge in [-0.25, -0.2) is 13.2 Å². The standard InChI is InChI=1S/C26H19F3N4OS/c1-14-4-3-5-17(12-14)24-31-25(34-32-24)22-15(2)33(19-10-11-20(28)21(29)13-19)26(35)30-23(22)16-6-8-18(27)9-7-16/h3-13,23H,1-2H3,(H,30,35). The number of aromatic nitrogens is 2. The van der Waals surface area contributed by atoms with Gasteiger partial charge in [0.05, 0.1) is 17.3 Å². The summed E-state index contributed by atoms with van der Waals surface area (Å²) in [6.45, 7) is 3.74. The van der Waals surface area contributed by atoms with Crippen LogP contribution < -0.4 is 10.2 Å². The van der Waals surface area contributed by atoms with E-state index in [4.69, 9.17) is 16.7 Å². The van der Waals surface area contributed by atoms with E-state index < -0.39 is 17.7 Å². The molecule has 0 saturated heterocycles. The molecule has 1 atom stereocenters. The van der Waals surface area contributed by atoms with Gasteiger partial charge in [-0.3, -0.25) is 4.90 Å². The number of hydrogen-bond acceptors (Lipinski definition) is 4.